The molecule has 1 N–H and O–H groups in total. The van der Waals surface area contributed by atoms with Gasteiger partial charge >= 0.3 is 6.01 Å². The molecular formula is C14H26N4O. The summed E-state index contributed by atoms with van der Waals surface area (Å²) in [4.78, 5) is 2.26. The van der Waals surface area contributed by atoms with Gasteiger partial charge in [-0.05, 0) is 39.5 Å². The monoisotopic (exact) mass is 266 g/mol. The van der Waals surface area contributed by atoms with E-state index in [1.807, 2.05) is 0 Å². The highest BCUT2D eigenvalue weighted by Gasteiger charge is 2.32. The zero-order valence-corrected chi connectivity index (χ0v) is 12.7. The van der Waals surface area contributed by atoms with Crippen LogP contribution >= 0.6 is 0 Å². The minimum absolute atomic E-state index is 0.0583. The normalized spacial score (nSPS) is 16.1. The minimum Gasteiger partial charge on any atom is -0.407 e. The van der Waals surface area contributed by atoms with E-state index in [1.54, 1.807) is 0 Å². The van der Waals surface area contributed by atoms with Gasteiger partial charge in [-0.2, -0.15) is 0 Å². The van der Waals surface area contributed by atoms with Gasteiger partial charge in [0.1, 0.15) is 0 Å². The lowest BCUT2D eigenvalue weighted by atomic mass is 10.1. The molecule has 2 rings (SSSR count). The van der Waals surface area contributed by atoms with Crippen molar-refractivity contribution in [2.75, 3.05) is 11.4 Å². The molecule has 1 saturated carbocycles. The first-order chi connectivity index (χ1) is 8.85. The summed E-state index contributed by atoms with van der Waals surface area (Å²) in [5, 5.41) is 11.7. The first kappa shape index (κ1) is 14.3. The van der Waals surface area contributed by atoms with Crippen LogP contribution in [0.5, 0.6) is 0 Å². The van der Waals surface area contributed by atoms with Crippen LogP contribution in [0.1, 0.15) is 53.4 Å². The summed E-state index contributed by atoms with van der Waals surface area (Å²) in [7, 11) is 0. The van der Waals surface area contributed by atoms with Crippen molar-refractivity contribution < 1.29 is 4.42 Å². The topological polar surface area (TPSA) is 54.2 Å². The molecule has 1 aromatic heterocycles. The summed E-state index contributed by atoms with van der Waals surface area (Å²) < 4.78 is 5.78. The lowest BCUT2D eigenvalue weighted by Gasteiger charge is -2.21. The molecule has 5 nitrogen and oxygen atoms in total. The molecule has 108 valence electrons. The molecule has 0 unspecified atom stereocenters. The van der Waals surface area contributed by atoms with Crippen LogP contribution in [-0.2, 0) is 6.54 Å². The Labute approximate surface area is 115 Å². The van der Waals surface area contributed by atoms with Crippen LogP contribution in [-0.4, -0.2) is 28.3 Å². The van der Waals surface area contributed by atoms with Gasteiger partial charge in [-0.15, -0.1) is 5.10 Å². The molecule has 0 aliphatic heterocycles. The molecule has 19 heavy (non-hydrogen) atoms. The molecular weight excluding hydrogens is 240 g/mol. The number of nitrogens with zero attached hydrogens (tertiary/aromatic N) is 3. The Bertz CT molecular complexity index is 404. The average Bonchev–Trinajstić information content (AvgIpc) is 3.01. The Balaban J connectivity index is 1.98. The van der Waals surface area contributed by atoms with Crippen molar-refractivity contribution in [1.82, 2.24) is 15.5 Å². The quantitative estimate of drug-likeness (QED) is 0.857. The van der Waals surface area contributed by atoms with Crippen LogP contribution in [0.2, 0.25) is 0 Å². The minimum atomic E-state index is 0.0583. The molecule has 0 spiro atoms. The summed E-state index contributed by atoms with van der Waals surface area (Å²) >= 11 is 0. The molecule has 5 heteroatoms. The van der Waals surface area contributed by atoms with Gasteiger partial charge in [0.15, 0.2) is 0 Å². The maximum absolute atomic E-state index is 5.78. The van der Waals surface area contributed by atoms with Gasteiger partial charge in [0.25, 0.3) is 0 Å². The fraction of sp³-hybridized carbons (Fsp3) is 0.857. The Morgan fingerprint density at radius 2 is 2.00 bits per heavy atom. The molecule has 0 atom stereocenters. The molecule has 0 aromatic carbocycles. The SMILES string of the molecule is CC(C)CN(c1nnc(CNC(C)(C)C)o1)C1CC1. The van der Waals surface area contributed by atoms with Crippen molar-refractivity contribution in [2.45, 2.75) is 65.6 Å². The lowest BCUT2D eigenvalue weighted by Crippen LogP contribution is -2.35. The zero-order valence-electron chi connectivity index (χ0n) is 12.7. The number of nitrogens with one attached hydrogen (secondary N) is 1. The van der Waals surface area contributed by atoms with E-state index in [0.29, 0.717) is 30.4 Å². The number of aromatic nitrogens is 2. The molecule has 1 heterocycles. The zero-order chi connectivity index (χ0) is 14.0. The van der Waals surface area contributed by atoms with Crippen molar-refractivity contribution in [3.8, 4) is 0 Å². The van der Waals surface area contributed by atoms with Crippen molar-refractivity contribution in [2.24, 2.45) is 5.92 Å². The molecule has 1 aliphatic carbocycles. The summed E-state index contributed by atoms with van der Waals surface area (Å²) in [6, 6.07) is 1.29. The molecule has 0 bridgehead atoms. The summed E-state index contributed by atoms with van der Waals surface area (Å²) in [5.41, 5.74) is 0.0583. The van der Waals surface area contributed by atoms with E-state index in [1.165, 1.54) is 12.8 Å². The Kier molecular flexibility index (Phi) is 4.13. The fourth-order valence-corrected chi connectivity index (χ4v) is 1.94. The van der Waals surface area contributed by atoms with Crippen molar-refractivity contribution in [1.29, 1.82) is 0 Å². The third kappa shape index (κ3) is 4.49. The molecule has 1 aliphatic rings. The van der Waals surface area contributed by atoms with E-state index in [4.69, 9.17) is 4.42 Å². The Morgan fingerprint density at radius 3 is 2.53 bits per heavy atom. The first-order valence-corrected chi connectivity index (χ1v) is 7.19. The van der Waals surface area contributed by atoms with E-state index < -0.39 is 0 Å². The largest absolute Gasteiger partial charge is 0.407 e. The maximum Gasteiger partial charge on any atom is 0.318 e. The molecule has 0 radical (unpaired) electrons. The second-order valence-electron chi connectivity index (χ2n) is 6.86. The third-order valence-corrected chi connectivity index (χ3v) is 3.02. The molecule has 0 saturated heterocycles. The standard InChI is InChI=1S/C14H26N4O/c1-10(2)9-18(11-6-7-11)13-17-16-12(19-13)8-15-14(3,4)5/h10-11,15H,6-9H2,1-5H3. The van der Waals surface area contributed by atoms with Gasteiger partial charge in [0.05, 0.1) is 6.54 Å². The van der Waals surface area contributed by atoms with Gasteiger partial charge in [0.2, 0.25) is 5.89 Å². The van der Waals surface area contributed by atoms with Gasteiger partial charge in [-0.3, -0.25) is 0 Å². The van der Waals surface area contributed by atoms with E-state index in [0.717, 1.165) is 6.54 Å². The molecule has 1 aromatic rings. The lowest BCUT2D eigenvalue weighted by molar-refractivity contribution is 0.379. The Morgan fingerprint density at radius 1 is 1.32 bits per heavy atom. The molecule has 1 fully saturated rings. The highest BCUT2D eigenvalue weighted by atomic mass is 16.4. The van der Waals surface area contributed by atoms with E-state index >= 15 is 0 Å². The van der Waals surface area contributed by atoms with Crippen LogP contribution in [0.25, 0.3) is 0 Å². The number of rotatable bonds is 6. The van der Waals surface area contributed by atoms with Gasteiger partial charge < -0.3 is 14.6 Å². The number of hydrogen-bond acceptors (Lipinski definition) is 5. The predicted molar refractivity (Wildman–Crippen MR) is 76.1 cm³/mol. The van der Waals surface area contributed by atoms with Crippen LogP contribution in [0.3, 0.4) is 0 Å². The van der Waals surface area contributed by atoms with Crippen LogP contribution < -0.4 is 10.2 Å². The Hall–Kier alpha value is -1.10. The smallest absolute Gasteiger partial charge is 0.318 e. The second-order valence-corrected chi connectivity index (χ2v) is 6.86. The second kappa shape index (κ2) is 5.49. The number of anilines is 1. The summed E-state index contributed by atoms with van der Waals surface area (Å²) in [5.74, 6) is 1.27. The highest BCUT2D eigenvalue weighted by Crippen LogP contribution is 2.31. The average molecular weight is 266 g/mol. The van der Waals surface area contributed by atoms with Crippen molar-refractivity contribution in [3.63, 3.8) is 0 Å². The van der Waals surface area contributed by atoms with E-state index in [2.05, 4.69) is 55.0 Å². The van der Waals surface area contributed by atoms with Crippen molar-refractivity contribution >= 4 is 6.01 Å². The van der Waals surface area contributed by atoms with E-state index in [-0.39, 0.29) is 5.54 Å². The van der Waals surface area contributed by atoms with E-state index in [9.17, 15) is 0 Å². The maximum atomic E-state index is 5.78. The third-order valence-electron chi connectivity index (χ3n) is 3.02. The van der Waals surface area contributed by atoms with Gasteiger partial charge in [-0.1, -0.05) is 18.9 Å². The molecule has 0 amide bonds. The van der Waals surface area contributed by atoms with Crippen molar-refractivity contribution in [3.05, 3.63) is 5.89 Å². The van der Waals surface area contributed by atoms with Crippen LogP contribution in [0, 0.1) is 5.92 Å². The summed E-state index contributed by atoms with van der Waals surface area (Å²) in [6.45, 7) is 12.4. The number of hydrogen-bond donors (Lipinski definition) is 1. The van der Waals surface area contributed by atoms with Crippen LogP contribution in [0.4, 0.5) is 6.01 Å². The highest BCUT2D eigenvalue weighted by molar-refractivity contribution is 5.29. The summed E-state index contributed by atoms with van der Waals surface area (Å²) in [6.07, 6.45) is 2.48. The van der Waals surface area contributed by atoms with Gasteiger partial charge in [-0.25, -0.2) is 0 Å². The fourth-order valence-electron chi connectivity index (χ4n) is 1.94. The predicted octanol–water partition coefficient (Wildman–Crippen LogP) is 2.58. The van der Waals surface area contributed by atoms with Crippen LogP contribution in [0.15, 0.2) is 4.42 Å². The van der Waals surface area contributed by atoms with Gasteiger partial charge in [0, 0.05) is 18.1 Å². The first-order valence-electron chi connectivity index (χ1n) is 7.19.